The largest absolute Gasteiger partial charge is 0.398 e. The molecule has 1 aromatic rings. The normalized spacial score (nSPS) is 26.1. The van der Waals surface area contributed by atoms with Crippen LogP contribution >= 0.6 is 15.9 Å². The molecule has 2 atom stereocenters. The summed E-state index contributed by atoms with van der Waals surface area (Å²) >= 11 is 3.37. The van der Waals surface area contributed by atoms with Gasteiger partial charge in [-0.05, 0) is 31.0 Å². The zero-order chi connectivity index (χ0) is 14.1. The molecule has 0 bridgehead atoms. The number of hydrogen-bond donors (Lipinski definition) is 1. The smallest absolute Gasteiger partial charge is 0.256 e. The third-order valence-electron chi connectivity index (χ3n) is 4.24. The van der Waals surface area contributed by atoms with Gasteiger partial charge in [0.05, 0.1) is 24.3 Å². The molecule has 3 rings (SSSR count). The van der Waals surface area contributed by atoms with E-state index in [1.807, 2.05) is 11.0 Å². The van der Waals surface area contributed by atoms with E-state index in [4.69, 9.17) is 10.5 Å². The Kier molecular flexibility index (Phi) is 3.98. The second-order valence-electron chi connectivity index (χ2n) is 5.49. The van der Waals surface area contributed by atoms with E-state index in [9.17, 15) is 4.79 Å². The Bertz CT molecular complexity index is 519. The van der Waals surface area contributed by atoms with Crippen LogP contribution in [0.25, 0.3) is 0 Å². The van der Waals surface area contributed by atoms with E-state index < -0.39 is 0 Å². The maximum Gasteiger partial charge on any atom is 0.256 e. The molecule has 0 spiro atoms. The van der Waals surface area contributed by atoms with Crippen LogP contribution < -0.4 is 5.73 Å². The molecule has 4 nitrogen and oxygen atoms in total. The Hall–Kier alpha value is -1.07. The summed E-state index contributed by atoms with van der Waals surface area (Å²) in [7, 11) is 0. The topological polar surface area (TPSA) is 55.6 Å². The first-order valence-corrected chi connectivity index (χ1v) is 7.94. The van der Waals surface area contributed by atoms with Crippen molar-refractivity contribution in [3.8, 4) is 0 Å². The molecule has 1 aliphatic carbocycles. The fourth-order valence-electron chi connectivity index (χ4n) is 3.23. The van der Waals surface area contributed by atoms with Gasteiger partial charge in [-0.15, -0.1) is 0 Å². The van der Waals surface area contributed by atoms with Crippen molar-refractivity contribution in [3.63, 3.8) is 0 Å². The Morgan fingerprint density at radius 2 is 2.15 bits per heavy atom. The third-order valence-corrected chi connectivity index (χ3v) is 4.73. The van der Waals surface area contributed by atoms with Crippen LogP contribution in [0.2, 0.25) is 0 Å². The monoisotopic (exact) mass is 338 g/mol. The number of halogens is 1. The highest BCUT2D eigenvalue weighted by molar-refractivity contribution is 9.10. The van der Waals surface area contributed by atoms with E-state index in [1.54, 1.807) is 12.1 Å². The summed E-state index contributed by atoms with van der Waals surface area (Å²) in [5, 5.41) is 0. The van der Waals surface area contributed by atoms with Gasteiger partial charge in [-0.25, -0.2) is 0 Å². The number of carbonyl (C=O) groups is 1. The van der Waals surface area contributed by atoms with Crippen molar-refractivity contribution in [1.82, 2.24) is 4.90 Å². The molecule has 108 valence electrons. The molecule has 2 unspecified atom stereocenters. The number of nitrogens with zero attached hydrogens (tertiary/aromatic N) is 1. The van der Waals surface area contributed by atoms with Crippen molar-refractivity contribution in [1.29, 1.82) is 0 Å². The molecule has 5 heteroatoms. The predicted molar refractivity (Wildman–Crippen MR) is 81.6 cm³/mol. The molecule has 2 fully saturated rings. The summed E-state index contributed by atoms with van der Waals surface area (Å²) in [6.07, 6.45) is 4.67. The third kappa shape index (κ3) is 2.56. The van der Waals surface area contributed by atoms with Crippen molar-refractivity contribution in [2.75, 3.05) is 18.9 Å². The number of carbonyl (C=O) groups excluding carboxylic acids is 1. The van der Waals surface area contributed by atoms with Crippen LogP contribution in [0, 0.1) is 0 Å². The van der Waals surface area contributed by atoms with E-state index in [0.29, 0.717) is 24.4 Å². The van der Waals surface area contributed by atoms with E-state index in [1.165, 1.54) is 12.8 Å². The molecule has 1 saturated heterocycles. The zero-order valence-corrected chi connectivity index (χ0v) is 12.9. The van der Waals surface area contributed by atoms with Crippen molar-refractivity contribution in [3.05, 3.63) is 28.2 Å². The van der Waals surface area contributed by atoms with Crippen LogP contribution in [0.15, 0.2) is 22.7 Å². The second-order valence-corrected chi connectivity index (χ2v) is 6.41. The lowest BCUT2D eigenvalue weighted by atomic mass is 9.89. The van der Waals surface area contributed by atoms with E-state index in [0.717, 1.165) is 17.3 Å². The van der Waals surface area contributed by atoms with Gasteiger partial charge in [0.1, 0.15) is 0 Å². The molecule has 1 heterocycles. The van der Waals surface area contributed by atoms with Gasteiger partial charge in [0, 0.05) is 16.7 Å². The fourth-order valence-corrected chi connectivity index (χ4v) is 3.61. The van der Waals surface area contributed by atoms with Crippen LogP contribution in [0.4, 0.5) is 5.69 Å². The van der Waals surface area contributed by atoms with Crippen LogP contribution in [0.3, 0.4) is 0 Å². The molecule has 1 saturated carbocycles. The van der Waals surface area contributed by atoms with Crippen molar-refractivity contribution < 1.29 is 9.53 Å². The van der Waals surface area contributed by atoms with Gasteiger partial charge >= 0.3 is 0 Å². The van der Waals surface area contributed by atoms with Crippen molar-refractivity contribution >= 4 is 27.5 Å². The molecular formula is C15H19BrN2O2. The molecule has 0 radical (unpaired) electrons. The van der Waals surface area contributed by atoms with Crippen molar-refractivity contribution in [2.45, 2.75) is 37.8 Å². The summed E-state index contributed by atoms with van der Waals surface area (Å²) in [5.41, 5.74) is 7.12. The Morgan fingerprint density at radius 3 is 2.95 bits per heavy atom. The number of anilines is 1. The highest BCUT2D eigenvalue weighted by atomic mass is 79.9. The lowest BCUT2D eigenvalue weighted by Crippen LogP contribution is -2.54. The highest BCUT2D eigenvalue weighted by Crippen LogP contribution is 2.30. The Morgan fingerprint density at radius 1 is 1.35 bits per heavy atom. The number of rotatable bonds is 1. The first kappa shape index (κ1) is 13.9. The summed E-state index contributed by atoms with van der Waals surface area (Å²) < 4.78 is 6.71. The number of benzene rings is 1. The molecular weight excluding hydrogens is 320 g/mol. The quantitative estimate of drug-likeness (QED) is 0.801. The SMILES string of the molecule is Nc1cc(Br)ccc1C(=O)N1CCOC2CCCCC21. The maximum absolute atomic E-state index is 12.8. The molecule has 20 heavy (non-hydrogen) atoms. The van der Waals surface area contributed by atoms with Gasteiger partial charge in [0.25, 0.3) is 5.91 Å². The van der Waals surface area contributed by atoms with Gasteiger partial charge in [-0.1, -0.05) is 28.8 Å². The summed E-state index contributed by atoms with van der Waals surface area (Å²) in [4.78, 5) is 14.7. The van der Waals surface area contributed by atoms with Crippen molar-refractivity contribution in [2.24, 2.45) is 0 Å². The minimum atomic E-state index is 0.0372. The summed E-state index contributed by atoms with van der Waals surface area (Å²) in [6, 6.07) is 5.66. The summed E-state index contributed by atoms with van der Waals surface area (Å²) in [5.74, 6) is 0.0372. The number of nitrogens with two attached hydrogens (primary N) is 1. The van der Waals surface area contributed by atoms with E-state index >= 15 is 0 Å². The highest BCUT2D eigenvalue weighted by Gasteiger charge is 2.37. The van der Waals surface area contributed by atoms with E-state index in [2.05, 4.69) is 15.9 Å². The number of hydrogen-bond acceptors (Lipinski definition) is 3. The van der Waals surface area contributed by atoms with Crippen LogP contribution in [-0.4, -0.2) is 36.1 Å². The molecule has 2 N–H and O–H groups in total. The zero-order valence-electron chi connectivity index (χ0n) is 11.3. The van der Waals surface area contributed by atoms with Crippen LogP contribution in [0.1, 0.15) is 36.0 Å². The second kappa shape index (κ2) is 5.74. The predicted octanol–water partition coefficient (Wildman–Crippen LogP) is 2.81. The Labute approximate surface area is 127 Å². The number of nitrogen functional groups attached to an aromatic ring is 1. The summed E-state index contributed by atoms with van der Waals surface area (Å²) in [6.45, 7) is 1.29. The van der Waals surface area contributed by atoms with Crippen LogP contribution in [-0.2, 0) is 4.74 Å². The average Bonchev–Trinajstić information content (AvgIpc) is 2.46. The van der Waals surface area contributed by atoms with E-state index in [-0.39, 0.29) is 18.1 Å². The van der Waals surface area contributed by atoms with Gasteiger partial charge < -0.3 is 15.4 Å². The minimum Gasteiger partial charge on any atom is -0.398 e. The average molecular weight is 339 g/mol. The fraction of sp³-hybridized carbons (Fsp3) is 0.533. The number of amides is 1. The van der Waals surface area contributed by atoms with Gasteiger partial charge in [0.2, 0.25) is 0 Å². The first-order valence-electron chi connectivity index (χ1n) is 7.14. The lowest BCUT2D eigenvalue weighted by Gasteiger charge is -2.43. The van der Waals surface area contributed by atoms with Gasteiger partial charge in [-0.2, -0.15) is 0 Å². The molecule has 0 aromatic heterocycles. The minimum absolute atomic E-state index is 0.0372. The molecule has 1 amide bonds. The van der Waals surface area contributed by atoms with Gasteiger partial charge in [0.15, 0.2) is 0 Å². The standard InChI is InChI=1S/C15H19BrN2O2/c16-10-5-6-11(12(17)9-10)15(19)18-7-8-20-14-4-2-1-3-13(14)18/h5-6,9,13-14H,1-4,7-8,17H2. The number of fused-ring (bicyclic) bond motifs is 1. The maximum atomic E-state index is 12.8. The molecule has 2 aliphatic rings. The molecule has 1 aromatic carbocycles. The van der Waals surface area contributed by atoms with Gasteiger partial charge in [-0.3, -0.25) is 4.79 Å². The number of ether oxygens (including phenoxy) is 1. The lowest BCUT2D eigenvalue weighted by molar-refractivity contribution is -0.0752. The molecule has 1 aliphatic heterocycles. The van der Waals surface area contributed by atoms with Crippen LogP contribution in [0.5, 0.6) is 0 Å². The Balaban J connectivity index is 1.85. The number of morpholine rings is 1. The first-order chi connectivity index (χ1) is 9.66.